The number of hydrogen-bond donors (Lipinski definition) is 4. The van der Waals surface area contributed by atoms with Gasteiger partial charge in [0, 0.05) is 24.6 Å². The summed E-state index contributed by atoms with van der Waals surface area (Å²) in [7, 11) is 1.48. The standard InChI is InChI=1S/C22H29FN8O2/c1-26-22(33)19-13-31(30-29-19)12-16(23)4-5-17(24)6-7-20(25)28-21(32)11-18-10-15(8-9-27-18)14-2-3-14/h6-10,13-14,16H,2-5,11-12,24-25H2,1H3,(H,26,33)(H,28,32)/b17-6-,20-7+. The highest BCUT2D eigenvalue weighted by Gasteiger charge is 2.23. The van der Waals surface area contributed by atoms with Gasteiger partial charge < -0.3 is 22.1 Å². The van der Waals surface area contributed by atoms with Gasteiger partial charge >= 0.3 is 0 Å². The van der Waals surface area contributed by atoms with Gasteiger partial charge in [-0.15, -0.1) is 5.10 Å². The van der Waals surface area contributed by atoms with Crippen molar-refractivity contribution in [1.82, 2.24) is 30.6 Å². The van der Waals surface area contributed by atoms with Gasteiger partial charge in [0.05, 0.1) is 19.2 Å². The quantitative estimate of drug-likeness (QED) is 0.368. The second kappa shape index (κ2) is 11.2. The minimum Gasteiger partial charge on any atom is -0.402 e. The minimum atomic E-state index is -1.23. The van der Waals surface area contributed by atoms with Crippen LogP contribution in [0.2, 0.25) is 0 Å². The monoisotopic (exact) mass is 456 g/mol. The Hall–Kier alpha value is -3.76. The van der Waals surface area contributed by atoms with E-state index in [9.17, 15) is 14.0 Å². The highest BCUT2D eigenvalue weighted by atomic mass is 19.1. The summed E-state index contributed by atoms with van der Waals surface area (Å²) in [6.07, 6.45) is 7.82. The number of carbonyl (C=O) groups is 2. The Morgan fingerprint density at radius 2 is 2.12 bits per heavy atom. The normalized spacial score (nSPS) is 15.2. The van der Waals surface area contributed by atoms with Crippen LogP contribution in [0.15, 0.2) is 48.2 Å². The Balaban J connectivity index is 1.41. The van der Waals surface area contributed by atoms with E-state index in [-0.39, 0.29) is 49.1 Å². The van der Waals surface area contributed by atoms with E-state index < -0.39 is 6.17 Å². The van der Waals surface area contributed by atoms with E-state index in [1.807, 2.05) is 12.1 Å². The average Bonchev–Trinajstić information content (AvgIpc) is 3.55. The van der Waals surface area contributed by atoms with Crippen LogP contribution >= 0.6 is 0 Å². The van der Waals surface area contributed by atoms with Gasteiger partial charge in [-0.3, -0.25) is 14.6 Å². The molecule has 6 N–H and O–H groups in total. The molecule has 0 radical (unpaired) electrons. The summed E-state index contributed by atoms with van der Waals surface area (Å²) in [5, 5.41) is 12.4. The van der Waals surface area contributed by atoms with Gasteiger partial charge in [0.1, 0.15) is 12.0 Å². The van der Waals surface area contributed by atoms with Gasteiger partial charge in [-0.2, -0.15) is 0 Å². The van der Waals surface area contributed by atoms with Gasteiger partial charge in [0.15, 0.2) is 5.69 Å². The maximum Gasteiger partial charge on any atom is 0.273 e. The zero-order valence-corrected chi connectivity index (χ0v) is 18.5. The van der Waals surface area contributed by atoms with Crippen molar-refractivity contribution in [3.63, 3.8) is 0 Å². The number of nitrogens with two attached hydrogens (primary N) is 2. The molecule has 0 saturated heterocycles. The summed E-state index contributed by atoms with van der Waals surface area (Å²) in [6, 6.07) is 3.94. The number of halogens is 1. The Labute approximate surface area is 191 Å². The molecule has 1 aliphatic carbocycles. The lowest BCUT2D eigenvalue weighted by Crippen LogP contribution is -2.29. The summed E-state index contributed by atoms with van der Waals surface area (Å²) < 4.78 is 15.5. The highest BCUT2D eigenvalue weighted by Crippen LogP contribution is 2.39. The lowest BCUT2D eigenvalue weighted by molar-refractivity contribution is -0.119. The molecule has 11 heteroatoms. The summed E-state index contributed by atoms with van der Waals surface area (Å²) in [5.74, 6) is 0.0720. The van der Waals surface area contributed by atoms with Crippen LogP contribution < -0.4 is 22.1 Å². The van der Waals surface area contributed by atoms with Gasteiger partial charge in [-0.25, -0.2) is 9.07 Å². The van der Waals surface area contributed by atoms with Crippen molar-refractivity contribution in [2.24, 2.45) is 11.5 Å². The van der Waals surface area contributed by atoms with Crippen LogP contribution in [0.25, 0.3) is 0 Å². The molecule has 1 unspecified atom stereocenters. The van der Waals surface area contributed by atoms with Crippen molar-refractivity contribution in [3.8, 4) is 0 Å². The largest absolute Gasteiger partial charge is 0.402 e. The third-order valence-electron chi connectivity index (χ3n) is 5.12. The van der Waals surface area contributed by atoms with E-state index in [2.05, 4.69) is 25.9 Å². The highest BCUT2D eigenvalue weighted by molar-refractivity contribution is 5.91. The van der Waals surface area contributed by atoms with E-state index in [1.54, 1.807) is 6.20 Å². The molecule has 0 spiro atoms. The van der Waals surface area contributed by atoms with Gasteiger partial charge in [0.2, 0.25) is 5.91 Å². The molecule has 33 heavy (non-hydrogen) atoms. The summed E-state index contributed by atoms with van der Waals surface area (Å²) >= 11 is 0. The van der Waals surface area contributed by atoms with E-state index in [4.69, 9.17) is 11.5 Å². The number of amides is 2. The van der Waals surface area contributed by atoms with E-state index in [0.29, 0.717) is 17.3 Å². The number of aromatic nitrogens is 4. The predicted molar refractivity (Wildman–Crippen MR) is 120 cm³/mol. The number of rotatable bonds is 11. The van der Waals surface area contributed by atoms with E-state index >= 15 is 0 Å². The Bertz CT molecular complexity index is 1040. The molecule has 2 aromatic rings. The van der Waals surface area contributed by atoms with Gasteiger partial charge in [-0.05, 0) is 61.4 Å². The first-order valence-electron chi connectivity index (χ1n) is 10.8. The van der Waals surface area contributed by atoms with Gasteiger partial charge in [-0.1, -0.05) is 5.21 Å². The average molecular weight is 457 g/mol. The molecule has 1 fully saturated rings. The van der Waals surface area contributed by atoms with Crippen LogP contribution in [0.4, 0.5) is 4.39 Å². The summed E-state index contributed by atoms with van der Waals surface area (Å²) in [4.78, 5) is 27.9. The predicted octanol–water partition coefficient (Wildman–Crippen LogP) is 1.03. The molecule has 1 aliphatic rings. The molecule has 10 nitrogen and oxygen atoms in total. The first-order chi connectivity index (χ1) is 15.8. The number of carbonyl (C=O) groups excluding carboxylic acids is 2. The van der Waals surface area contributed by atoms with Crippen molar-refractivity contribution >= 4 is 11.8 Å². The van der Waals surface area contributed by atoms with Crippen LogP contribution in [-0.4, -0.2) is 45.0 Å². The molecule has 2 aromatic heterocycles. The summed E-state index contributed by atoms with van der Waals surface area (Å²) in [5.41, 5.74) is 14.2. The van der Waals surface area contributed by atoms with Crippen molar-refractivity contribution < 1.29 is 14.0 Å². The number of pyridine rings is 1. The molecule has 2 heterocycles. The van der Waals surface area contributed by atoms with Crippen molar-refractivity contribution in [2.45, 2.75) is 50.7 Å². The Kier molecular flexibility index (Phi) is 8.11. The molecule has 0 aromatic carbocycles. The van der Waals surface area contributed by atoms with Gasteiger partial charge in [0.25, 0.3) is 5.91 Å². The van der Waals surface area contributed by atoms with Crippen molar-refractivity contribution in [3.05, 3.63) is 65.1 Å². The van der Waals surface area contributed by atoms with Crippen LogP contribution in [0.1, 0.15) is 53.3 Å². The maximum atomic E-state index is 14.2. The molecular formula is C22H29FN8O2. The maximum absolute atomic E-state index is 14.2. The third kappa shape index (κ3) is 7.70. The van der Waals surface area contributed by atoms with E-state index in [0.717, 1.165) is 0 Å². The Morgan fingerprint density at radius 1 is 1.33 bits per heavy atom. The Morgan fingerprint density at radius 3 is 2.85 bits per heavy atom. The lowest BCUT2D eigenvalue weighted by atomic mass is 10.1. The number of hydrogen-bond acceptors (Lipinski definition) is 7. The lowest BCUT2D eigenvalue weighted by Gasteiger charge is -2.08. The second-order valence-electron chi connectivity index (χ2n) is 7.98. The number of alkyl halides is 1. The van der Waals surface area contributed by atoms with Crippen LogP contribution in [0.3, 0.4) is 0 Å². The summed E-state index contributed by atoms with van der Waals surface area (Å²) in [6.45, 7) is -0.0404. The van der Waals surface area contributed by atoms with Crippen molar-refractivity contribution in [1.29, 1.82) is 0 Å². The molecule has 1 saturated carbocycles. The zero-order chi connectivity index (χ0) is 23.8. The van der Waals surface area contributed by atoms with Crippen LogP contribution in [0.5, 0.6) is 0 Å². The molecule has 0 bridgehead atoms. The topological polar surface area (TPSA) is 154 Å². The van der Waals surface area contributed by atoms with E-state index in [1.165, 1.54) is 48.5 Å². The molecular weight excluding hydrogens is 427 g/mol. The fourth-order valence-electron chi connectivity index (χ4n) is 3.19. The molecule has 3 rings (SSSR count). The smallest absolute Gasteiger partial charge is 0.273 e. The molecule has 176 valence electrons. The molecule has 1 atom stereocenters. The number of nitrogens with one attached hydrogen (secondary N) is 2. The van der Waals surface area contributed by atoms with Crippen LogP contribution in [-0.2, 0) is 17.8 Å². The van der Waals surface area contributed by atoms with Crippen LogP contribution in [0, 0.1) is 0 Å². The SMILES string of the molecule is CNC(=O)c1cn(CC(F)CC/C(N)=C/C=C(\N)NC(=O)Cc2cc(C3CC3)ccn2)nn1. The fourth-order valence-corrected chi connectivity index (χ4v) is 3.19. The molecule has 2 amide bonds. The van der Waals surface area contributed by atoms with Crippen molar-refractivity contribution in [2.75, 3.05) is 7.05 Å². The first kappa shape index (κ1) is 23.9. The second-order valence-corrected chi connectivity index (χ2v) is 7.98. The third-order valence-corrected chi connectivity index (χ3v) is 5.12. The first-order valence-corrected chi connectivity index (χ1v) is 10.8. The minimum absolute atomic E-state index is 0.0404. The fraction of sp³-hybridized carbons (Fsp3) is 0.409. The molecule has 0 aliphatic heterocycles. The number of allylic oxidation sites excluding steroid dienone is 3. The number of nitrogens with zero attached hydrogens (tertiary/aromatic N) is 4. The zero-order valence-electron chi connectivity index (χ0n) is 18.5.